The summed E-state index contributed by atoms with van der Waals surface area (Å²) in [5.74, 6) is 0.138. The Bertz CT molecular complexity index is 384. The van der Waals surface area contributed by atoms with Crippen molar-refractivity contribution in [3.8, 4) is 0 Å². The van der Waals surface area contributed by atoms with Gasteiger partial charge in [-0.3, -0.25) is 4.79 Å². The Balaban J connectivity index is 3.07. The molecule has 0 fully saturated rings. The largest absolute Gasteiger partial charge is 0.469 e. The Hall–Kier alpha value is -1.31. The molecule has 0 saturated heterocycles. The first kappa shape index (κ1) is 13.8. The zero-order chi connectivity index (χ0) is 13.0. The number of hydrogen-bond acceptors (Lipinski definition) is 2. The van der Waals surface area contributed by atoms with Crippen LogP contribution in [-0.4, -0.2) is 13.1 Å². The van der Waals surface area contributed by atoms with E-state index in [-0.39, 0.29) is 11.9 Å². The third-order valence-electron chi connectivity index (χ3n) is 3.28. The first-order valence-corrected chi connectivity index (χ1v) is 6.14. The van der Waals surface area contributed by atoms with E-state index in [1.807, 2.05) is 0 Å². The standard InChI is InChI=1S/C15H22O2/c1-6-13(9-14(16)17-5)15-11(3)7-10(2)8-12(15)4/h7-8,13H,6,9H2,1-5H3. The molecule has 2 nitrogen and oxygen atoms in total. The van der Waals surface area contributed by atoms with Crippen molar-refractivity contribution in [1.82, 2.24) is 0 Å². The summed E-state index contributed by atoms with van der Waals surface area (Å²) < 4.78 is 4.77. The number of esters is 1. The smallest absolute Gasteiger partial charge is 0.306 e. The summed E-state index contributed by atoms with van der Waals surface area (Å²) in [5, 5.41) is 0. The van der Waals surface area contributed by atoms with Crippen LogP contribution in [0.15, 0.2) is 12.1 Å². The Labute approximate surface area is 104 Å². The van der Waals surface area contributed by atoms with Gasteiger partial charge in [-0.05, 0) is 49.8 Å². The van der Waals surface area contributed by atoms with Gasteiger partial charge in [0.1, 0.15) is 0 Å². The van der Waals surface area contributed by atoms with Crippen molar-refractivity contribution < 1.29 is 9.53 Å². The predicted octanol–water partition coefficient (Wildman–Crippen LogP) is 3.67. The zero-order valence-electron chi connectivity index (χ0n) is 11.5. The number of rotatable bonds is 4. The molecule has 0 aliphatic carbocycles. The second-order valence-electron chi connectivity index (χ2n) is 4.70. The normalized spacial score (nSPS) is 12.3. The van der Waals surface area contributed by atoms with Crippen molar-refractivity contribution in [2.45, 2.75) is 46.5 Å². The van der Waals surface area contributed by atoms with E-state index in [1.165, 1.54) is 29.4 Å². The molecule has 1 unspecified atom stereocenters. The van der Waals surface area contributed by atoms with E-state index >= 15 is 0 Å². The lowest BCUT2D eigenvalue weighted by atomic mass is 9.86. The summed E-state index contributed by atoms with van der Waals surface area (Å²) in [6.45, 7) is 8.46. The molecule has 0 N–H and O–H groups in total. The van der Waals surface area contributed by atoms with Crippen LogP contribution in [0.4, 0.5) is 0 Å². The Kier molecular flexibility index (Phi) is 4.73. The molecule has 17 heavy (non-hydrogen) atoms. The number of aryl methyl sites for hydroxylation is 3. The Morgan fingerprint density at radius 3 is 2.18 bits per heavy atom. The number of methoxy groups -OCH3 is 1. The highest BCUT2D eigenvalue weighted by Gasteiger charge is 2.18. The molecular weight excluding hydrogens is 212 g/mol. The summed E-state index contributed by atoms with van der Waals surface area (Å²) in [4.78, 5) is 11.4. The molecule has 0 saturated carbocycles. The lowest BCUT2D eigenvalue weighted by Crippen LogP contribution is -2.10. The highest BCUT2D eigenvalue weighted by Crippen LogP contribution is 2.30. The molecule has 0 radical (unpaired) electrons. The van der Waals surface area contributed by atoms with Crippen LogP contribution in [0, 0.1) is 20.8 Å². The van der Waals surface area contributed by atoms with Crippen LogP contribution in [0.1, 0.15) is 47.9 Å². The van der Waals surface area contributed by atoms with Gasteiger partial charge >= 0.3 is 5.97 Å². The molecule has 0 aliphatic rings. The van der Waals surface area contributed by atoms with Gasteiger partial charge in [-0.25, -0.2) is 0 Å². The molecule has 0 heterocycles. The fraction of sp³-hybridized carbons (Fsp3) is 0.533. The van der Waals surface area contributed by atoms with Gasteiger partial charge in [-0.2, -0.15) is 0 Å². The van der Waals surface area contributed by atoms with Gasteiger partial charge in [0.25, 0.3) is 0 Å². The fourth-order valence-electron chi connectivity index (χ4n) is 2.57. The molecule has 1 atom stereocenters. The van der Waals surface area contributed by atoms with Crippen molar-refractivity contribution in [1.29, 1.82) is 0 Å². The van der Waals surface area contributed by atoms with Gasteiger partial charge in [-0.15, -0.1) is 0 Å². The lowest BCUT2D eigenvalue weighted by molar-refractivity contribution is -0.141. The fourth-order valence-corrected chi connectivity index (χ4v) is 2.57. The molecule has 1 rings (SSSR count). The lowest BCUT2D eigenvalue weighted by Gasteiger charge is -2.20. The van der Waals surface area contributed by atoms with E-state index in [4.69, 9.17) is 4.74 Å². The van der Waals surface area contributed by atoms with E-state index < -0.39 is 0 Å². The van der Waals surface area contributed by atoms with Crippen LogP contribution in [0.25, 0.3) is 0 Å². The minimum absolute atomic E-state index is 0.128. The summed E-state index contributed by atoms with van der Waals surface area (Å²) in [6, 6.07) is 4.37. The van der Waals surface area contributed by atoms with E-state index in [2.05, 4.69) is 39.8 Å². The third kappa shape index (κ3) is 3.32. The maximum atomic E-state index is 11.4. The van der Waals surface area contributed by atoms with Gasteiger partial charge in [0, 0.05) is 0 Å². The molecule has 1 aromatic carbocycles. The minimum atomic E-state index is -0.128. The first-order chi connectivity index (χ1) is 7.99. The molecule has 1 aromatic rings. The Morgan fingerprint density at radius 2 is 1.76 bits per heavy atom. The number of benzene rings is 1. The molecule has 94 valence electrons. The van der Waals surface area contributed by atoms with E-state index in [9.17, 15) is 4.79 Å². The second kappa shape index (κ2) is 5.85. The molecular formula is C15H22O2. The predicted molar refractivity (Wildman–Crippen MR) is 70.3 cm³/mol. The average molecular weight is 234 g/mol. The SMILES string of the molecule is CCC(CC(=O)OC)c1c(C)cc(C)cc1C. The van der Waals surface area contributed by atoms with Crippen LogP contribution in [-0.2, 0) is 9.53 Å². The van der Waals surface area contributed by atoms with Crippen LogP contribution in [0.5, 0.6) is 0 Å². The number of ether oxygens (including phenoxy) is 1. The van der Waals surface area contributed by atoms with Crippen molar-refractivity contribution in [2.75, 3.05) is 7.11 Å². The average Bonchev–Trinajstić information content (AvgIpc) is 2.25. The van der Waals surface area contributed by atoms with E-state index in [1.54, 1.807) is 0 Å². The maximum absolute atomic E-state index is 11.4. The van der Waals surface area contributed by atoms with Crippen LogP contribution in [0.2, 0.25) is 0 Å². The maximum Gasteiger partial charge on any atom is 0.306 e. The summed E-state index contributed by atoms with van der Waals surface area (Å²) >= 11 is 0. The summed E-state index contributed by atoms with van der Waals surface area (Å²) in [7, 11) is 1.45. The van der Waals surface area contributed by atoms with Gasteiger partial charge in [-0.1, -0.05) is 24.6 Å². The van der Waals surface area contributed by atoms with Crippen molar-refractivity contribution in [3.05, 3.63) is 34.4 Å². The molecule has 0 aromatic heterocycles. The number of carbonyl (C=O) groups excluding carboxylic acids is 1. The van der Waals surface area contributed by atoms with E-state index in [0.717, 1.165) is 6.42 Å². The van der Waals surface area contributed by atoms with Crippen molar-refractivity contribution in [3.63, 3.8) is 0 Å². The molecule has 0 bridgehead atoms. The third-order valence-corrected chi connectivity index (χ3v) is 3.28. The van der Waals surface area contributed by atoms with Crippen molar-refractivity contribution in [2.24, 2.45) is 0 Å². The molecule has 2 heteroatoms. The van der Waals surface area contributed by atoms with Gasteiger partial charge < -0.3 is 4.74 Å². The van der Waals surface area contributed by atoms with Crippen LogP contribution in [0.3, 0.4) is 0 Å². The molecule has 0 aliphatic heterocycles. The number of carbonyl (C=O) groups is 1. The minimum Gasteiger partial charge on any atom is -0.469 e. The Morgan fingerprint density at radius 1 is 1.24 bits per heavy atom. The second-order valence-corrected chi connectivity index (χ2v) is 4.70. The molecule has 0 amide bonds. The summed E-state index contributed by atoms with van der Waals surface area (Å²) in [6.07, 6.45) is 1.43. The van der Waals surface area contributed by atoms with Crippen molar-refractivity contribution >= 4 is 5.97 Å². The van der Waals surface area contributed by atoms with E-state index in [0.29, 0.717) is 6.42 Å². The first-order valence-electron chi connectivity index (χ1n) is 6.14. The zero-order valence-corrected chi connectivity index (χ0v) is 11.5. The van der Waals surface area contributed by atoms with Gasteiger partial charge in [0.2, 0.25) is 0 Å². The number of hydrogen-bond donors (Lipinski definition) is 0. The quantitative estimate of drug-likeness (QED) is 0.743. The van der Waals surface area contributed by atoms with Gasteiger partial charge in [0.15, 0.2) is 0 Å². The molecule has 0 spiro atoms. The highest BCUT2D eigenvalue weighted by molar-refractivity contribution is 5.70. The topological polar surface area (TPSA) is 26.3 Å². The van der Waals surface area contributed by atoms with Crippen LogP contribution >= 0.6 is 0 Å². The summed E-state index contributed by atoms with van der Waals surface area (Å²) in [5.41, 5.74) is 5.14. The monoisotopic (exact) mass is 234 g/mol. The highest BCUT2D eigenvalue weighted by atomic mass is 16.5. The van der Waals surface area contributed by atoms with Gasteiger partial charge in [0.05, 0.1) is 13.5 Å². The van der Waals surface area contributed by atoms with Crippen LogP contribution < -0.4 is 0 Å².